The van der Waals surface area contributed by atoms with Crippen molar-refractivity contribution in [3.05, 3.63) is 82.7 Å². The predicted molar refractivity (Wildman–Crippen MR) is 134 cm³/mol. The van der Waals surface area contributed by atoms with E-state index in [1.165, 1.54) is 37.7 Å². The first-order valence-electron chi connectivity index (χ1n) is 12.5. The van der Waals surface area contributed by atoms with Crippen LogP contribution in [0.2, 0.25) is 0 Å². The summed E-state index contributed by atoms with van der Waals surface area (Å²) in [4.78, 5) is 0. The van der Waals surface area contributed by atoms with Crippen molar-refractivity contribution >= 4 is 10.8 Å². The maximum Gasteiger partial charge on any atom is 0.134 e. The zero-order valence-electron chi connectivity index (χ0n) is 19.6. The molecule has 0 aliphatic heterocycles. The van der Waals surface area contributed by atoms with Crippen LogP contribution in [-0.2, 0) is 12.8 Å². The van der Waals surface area contributed by atoms with E-state index in [-0.39, 0.29) is 5.82 Å². The zero-order chi connectivity index (χ0) is 22.3. The van der Waals surface area contributed by atoms with Gasteiger partial charge in [-0.2, -0.15) is 0 Å². The fourth-order valence-corrected chi connectivity index (χ4v) is 5.08. The summed E-state index contributed by atoms with van der Waals surface area (Å²) in [7, 11) is 0. The van der Waals surface area contributed by atoms with Crippen molar-refractivity contribution in [3.8, 4) is 11.8 Å². The quantitative estimate of drug-likeness (QED) is 0.347. The number of rotatable bonds is 6. The van der Waals surface area contributed by atoms with Gasteiger partial charge < -0.3 is 0 Å². The summed E-state index contributed by atoms with van der Waals surface area (Å²) < 4.78 is 15.2. The first kappa shape index (κ1) is 22.6. The Bertz CT molecular complexity index is 1090. The molecular weight excluding hydrogens is 391 g/mol. The van der Waals surface area contributed by atoms with E-state index in [2.05, 4.69) is 56.0 Å². The fourth-order valence-electron chi connectivity index (χ4n) is 5.08. The summed E-state index contributed by atoms with van der Waals surface area (Å²) in [5.41, 5.74) is 4.15. The molecule has 166 valence electrons. The Labute approximate surface area is 193 Å². The van der Waals surface area contributed by atoms with E-state index in [1.54, 1.807) is 0 Å². The fraction of sp³-hybridized carbons (Fsp3) is 0.419. The summed E-state index contributed by atoms with van der Waals surface area (Å²) >= 11 is 0. The van der Waals surface area contributed by atoms with E-state index in [4.69, 9.17) is 0 Å². The molecule has 0 spiro atoms. The summed E-state index contributed by atoms with van der Waals surface area (Å²) in [6.07, 6.45) is 10.9. The van der Waals surface area contributed by atoms with Crippen LogP contribution in [0.3, 0.4) is 0 Å². The van der Waals surface area contributed by atoms with Crippen LogP contribution in [0.5, 0.6) is 0 Å². The molecule has 0 bridgehead atoms. The lowest BCUT2D eigenvalue weighted by atomic mass is 9.78. The molecule has 0 heterocycles. The van der Waals surface area contributed by atoms with Crippen LogP contribution in [0.15, 0.2) is 54.6 Å². The average molecular weight is 427 g/mol. The molecule has 0 unspecified atom stereocenters. The van der Waals surface area contributed by atoms with Crippen molar-refractivity contribution < 1.29 is 4.39 Å². The Morgan fingerprint density at radius 2 is 1.47 bits per heavy atom. The molecule has 0 aromatic heterocycles. The lowest BCUT2D eigenvalue weighted by Gasteiger charge is -2.27. The Kier molecular flexibility index (Phi) is 7.64. The molecule has 1 fully saturated rings. The highest BCUT2D eigenvalue weighted by molar-refractivity contribution is 5.85. The molecule has 0 N–H and O–H groups in total. The van der Waals surface area contributed by atoms with Gasteiger partial charge in [0.15, 0.2) is 0 Å². The van der Waals surface area contributed by atoms with Gasteiger partial charge >= 0.3 is 0 Å². The zero-order valence-corrected chi connectivity index (χ0v) is 19.6. The highest BCUT2D eigenvalue weighted by Gasteiger charge is 2.20. The third kappa shape index (κ3) is 5.60. The average Bonchev–Trinajstić information content (AvgIpc) is 2.84. The Morgan fingerprint density at radius 3 is 2.19 bits per heavy atom. The SMILES string of the molecule is CCCc1ccc(C#Cc2ccc3c(F)c(CCC4CCC(CC)CC4)ccc3c2)cc1. The number of hydrogen-bond acceptors (Lipinski definition) is 0. The maximum atomic E-state index is 15.2. The van der Waals surface area contributed by atoms with Crippen LogP contribution in [0.1, 0.15) is 81.0 Å². The summed E-state index contributed by atoms with van der Waals surface area (Å²) in [5.74, 6) is 8.12. The minimum Gasteiger partial charge on any atom is -0.206 e. The molecule has 0 radical (unpaired) electrons. The molecule has 3 aromatic carbocycles. The second-order valence-electron chi connectivity index (χ2n) is 9.51. The van der Waals surface area contributed by atoms with Crippen LogP contribution in [0, 0.1) is 29.5 Å². The molecule has 3 aromatic rings. The highest BCUT2D eigenvalue weighted by atomic mass is 19.1. The second kappa shape index (κ2) is 10.8. The number of aryl methyl sites for hydroxylation is 2. The van der Waals surface area contributed by atoms with Crippen LogP contribution in [0.25, 0.3) is 10.8 Å². The first-order valence-corrected chi connectivity index (χ1v) is 12.5. The van der Waals surface area contributed by atoms with Gasteiger partial charge in [0.25, 0.3) is 0 Å². The van der Waals surface area contributed by atoms with Crippen molar-refractivity contribution in [1.29, 1.82) is 0 Å². The molecule has 1 saturated carbocycles. The molecule has 1 aliphatic rings. The van der Waals surface area contributed by atoms with E-state index < -0.39 is 0 Å². The molecule has 4 rings (SSSR count). The molecule has 0 atom stereocenters. The van der Waals surface area contributed by atoms with Gasteiger partial charge in [-0.15, -0.1) is 0 Å². The molecule has 0 amide bonds. The predicted octanol–water partition coefficient (Wildman–Crippen LogP) is 8.48. The van der Waals surface area contributed by atoms with Gasteiger partial charge in [-0.1, -0.05) is 94.5 Å². The molecule has 1 heteroatoms. The summed E-state index contributed by atoms with van der Waals surface area (Å²) in [6.45, 7) is 4.49. The van der Waals surface area contributed by atoms with E-state index in [0.29, 0.717) is 5.39 Å². The lowest BCUT2D eigenvalue weighted by Crippen LogP contribution is -2.14. The van der Waals surface area contributed by atoms with Gasteiger partial charge in [0.1, 0.15) is 5.82 Å². The number of hydrogen-bond donors (Lipinski definition) is 0. The Balaban J connectivity index is 1.43. The highest BCUT2D eigenvalue weighted by Crippen LogP contribution is 2.33. The van der Waals surface area contributed by atoms with Gasteiger partial charge in [0.05, 0.1) is 0 Å². The van der Waals surface area contributed by atoms with Crippen LogP contribution < -0.4 is 0 Å². The van der Waals surface area contributed by atoms with Crippen LogP contribution >= 0.6 is 0 Å². The molecule has 0 saturated heterocycles. The molecule has 1 aliphatic carbocycles. The largest absolute Gasteiger partial charge is 0.206 e. The van der Waals surface area contributed by atoms with Crippen molar-refractivity contribution in [2.24, 2.45) is 11.8 Å². The molecule has 32 heavy (non-hydrogen) atoms. The van der Waals surface area contributed by atoms with Crippen LogP contribution in [0.4, 0.5) is 4.39 Å². The van der Waals surface area contributed by atoms with Crippen molar-refractivity contribution in [3.63, 3.8) is 0 Å². The second-order valence-corrected chi connectivity index (χ2v) is 9.51. The monoisotopic (exact) mass is 426 g/mol. The summed E-state index contributed by atoms with van der Waals surface area (Å²) in [5, 5.41) is 1.64. The Morgan fingerprint density at radius 1 is 0.781 bits per heavy atom. The van der Waals surface area contributed by atoms with Gasteiger partial charge in [0, 0.05) is 16.5 Å². The topological polar surface area (TPSA) is 0 Å². The third-order valence-corrected chi connectivity index (χ3v) is 7.24. The van der Waals surface area contributed by atoms with E-state index >= 15 is 4.39 Å². The number of fused-ring (bicyclic) bond motifs is 1. The van der Waals surface area contributed by atoms with E-state index in [0.717, 1.165) is 59.6 Å². The maximum absolute atomic E-state index is 15.2. The van der Waals surface area contributed by atoms with Crippen molar-refractivity contribution in [2.75, 3.05) is 0 Å². The molecular formula is C31H35F. The van der Waals surface area contributed by atoms with Crippen LogP contribution in [-0.4, -0.2) is 0 Å². The summed E-state index contributed by atoms with van der Waals surface area (Å²) in [6, 6.07) is 18.4. The van der Waals surface area contributed by atoms with Crippen molar-refractivity contribution in [2.45, 2.75) is 71.6 Å². The lowest BCUT2D eigenvalue weighted by molar-refractivity contribution is 0.258. The first-order chi connectivity index (χ1) is 15.7. The minimum atomic E-state index is -0.0456. The van der Waals surface area contributed by atoms with Gasteiger partial charge in [-0.25, -0.2) is 4.39 Å². The normalized spacial score (nSPS) is 18.3. The van der Waals surface area contributed by atoms with Gasteiger partial charge in [-0.3, -0.25) is 0 Å². The molecule has 0 nitrogen and oxygen atoms in total. The number of halogens is 1. The van der Waals surface area contributed by atoms with E-state index in [9.17, 15) is 0 Å². The standard InChI is InChI=1S/C31H35F/c1-3-5-24-10-12-25(13-11-24)14-15-27-17-21-30-29(22-27)20-19-28(31(30)32)18-16-26-8-6-23(4-2)7-9-26/h10-13,17,19-23,26H,3-9,16,18H2,1-2H3. The van der Waals surface area contributed by atoms with Crippen molar-refractivity contribution in [1.82, 2.24) is 0 Å². The smallest absolute Gasteiger partial charge is 0.134 e. The van der Waals surface area contributed by atoms with E-state index in [1.807, 2.05) is 24.3 Å². The minimum absolute atomic E-state index is 0.0456. The Hall–Kier alpha value is -2.59. The van der Waals surface area contributed by atoms with Gasteiger partial charge in [0.2, 0.25) is 0 Å². The number of benzene rings is 3. The third-order valence-electron chi connectivity index (χ3n) is 7.24. The van der Waals surface area contributed by atoms with Gasteiger partial charge in [-0.05, 0) is 71.9 Å².